The number of likely N-dealkylation sites (tertiary alicyclic amines) is 1. The number of anilines is 1. The van der Waals surface area contributed by atoms with E-state index in [-0.39, 0.29) is 0 Å². The summed E-state index contributed by atoms with van der Waals surface area (Å²) >= 11 is 1.67. The first-order valence-corrected chi connectivity index (χ1v) is 8.46. The molecule has 0 N–H and O–H groups in total. The lowest BCUT2D eigenvalue weighted by Crippen LogP contribution is -2.44. The van der Waals surface area contributed by atoms with Crippen molar-refractivity contribution in [1.29, 1.82) is 0 Å². The highest BCUT2D eigenvalue weighted by molar-refractivity contribution is 7.08. The van der Waals surface area contributed by atoms with Crippen molar-refractivity contribution in [3.05, 3.63) is 16.8 Å². The SMILES string of the molecule is O=C1C[C@H]2[C@@H](CCN2C2CCOCC2)N1c1ccsc1. The Labute approximate surface area is 123 Å². The van der Waals surface area contributed by atoms with Crippen LogP contribution < -0.4 is 4.90 Å². The molecule has 0 aliphatic carbocycles. The second-order valence-electron chi connectivity index (χ2n) is 5.95. The molecule has 1 aromatic heterocycles. The molecule has 0 aromatic carbocycles. The second-order valence-corrected chi connectivity index (χ2v) is 6.73. The fourth-order valence-corrected chi connectivity index (χ4v) is 4.71. The normalized spacial score (nSPS) is 32.0. The zero-order valence-electron chi connectivity index (χ0n) is 11.5. The minimum Gasteiger partial charge on any atom is -0.381 e. The van der Waals surface area contributed by atoms with Gasteiger partial charge in [-0.1, -0.05) is 0 Å². The number of rotatable bonds is 2. The molecule has 3 fully saturated rings. The largest absolute Gasteiger partial charge is 0.381 e. The van der Waals surface area contributed by atoms with Crippen molar-refractivity contribution < 1.29 is 9.53 Å². The Kier molecular flexibility index (Phi) is 3.28. The van der Waals surface area contributed by atoms with Crippen LogP contribution in [0.4, 0.5) is 5.69 Å². The molecule has 4 heterocycles. The van der Waals surface area contributed by atoms with Gasteiger partial charge in [0.15, 0.2) is 0 Å². The van der Waals surface area contributed by atoms with E-state index in [0.29, 0.717) is 30.5 Å². The van der Waals surface area contributed by atoms with E-state index in [9.17, 15) is 4.79 Å². The third-order valence-corrected chi connectivity index (χ3v) is 5.65. The van der Waals surface area contributed by atoms with Crippen molar-refractivity contribution in [2.24, 2.45) is 0 Å². The van der Waals surface area contributed by atoms with Crippen molar-refractivity contribution in [1.82, 2.24) is 4.90 Å². The van der Waals surface area contributed by atoms with E-state index < -0.39 is 0 Å². The molecule has 0 unspecified atom stereocenters. The van der Waals surface area contributed by atoms with Crippen LogP contribution in [0.15, 0.2) is 16.8 Å². The van der Waals surface area contributed by atoms with Crippen molar-refractivity contribution in [2.75, 3.05) is 24.7 Å². The summed E-state index contributed by atoms with van der Waals surface area (Å²) in [6.45, 7) is 2.88. The van der Waals surface area contributed by atoms with Crippen LogP contribution in [0.2, 0.25) is 0 Å². The molecule has 0 bridgehead atoms. The maximum Gasteiger partial charge on any atom is 0.228 e. The van der Waals surface area contributed by atoms with Crippen molar-refractivity contribution in [2.45, 2.75) is 43.8 Å². The summed E-state index contributed by atoms with van der Waals surface area (Å²) in [6, 6.07) is 3.50. The first-order chi connectivity index (χ1) is 9.84. The molecule has 5 heteroatoms. The first kappa shape index (κ1) is 12.8. The van der Waals surface area contributed by atoms with Gasteiger partial charge in [0.05, 0.1) is 11.7 Å². The molecule has 20 heavy (non-hydrogen) atoms. The number of hydrogen-bond donors (Lipinski definition) is 0. The van der Waals surface area contributed by atoms with Gasteiger partial charge in [0.1, 0.15) is 0 Å². The number of ether oxygens (including phenoxy) is 1. The Balaban J connectivity index is 1.55. The van der Waals surface area contributed by atoms with Crippen LogP contribution in [0.25, 0.3) is 0 Å². The molecule has 0 saturated carbocycles. The van der Waals surface area contributed by atoms with Gasteiger partial charge in [-0.15, -0.1) is 0 Å². The van der Waals surface area contributed by atoms with Crippen molar-refractivity contribution in [3.63, 3.8) is 0 Å². The van der Waals surface area contributed by atoms with E-state index in [4.69, 9.17) is 4.74 Å². The molecule has 2 atom stereocenters. The number of carbonyl (C=O) groups excluding carboxylic acids is 1. The lowest BCUT2D eigenvalue weighted by atomic mass is 10.0. The Morgan fingerprint density at radius 1 is 1.20 bits per heavy atom. The fourth-order valence-electron chi connectivity index (χ4n) is 4.08. The molecule has 0 radical (unpaired) electrons. The van der Waals surface area contributed by atoms with Crippen LogP contribution in [0.1, 0.15) is 25.7 Å². The third kappa shape index (κ3) is 2.00. The van der Waals surface area contributed by atoms with E-state index in [0.717, 1.165) is 44.7 Å². The average Bonchev–Trinajstić information content (AvgIpc) is 3.16. The van der Waals surface area contributed by atoms with E-state index >= 15 is 0 Å². The number of amides is 1. The number of hydrogen-bond acceptors (Lipinski definition) is 4. The topological polar surface area (TPSA) is 32.8 Å². The molecule has 1 aromatic rings. The van der Waals surface area contributed by atoms with E-state index in [1.165, 1.54) is 0 Å². The third-order valence-electron chi connectivity index (χ3n) is 4.98. The zero-order chi connectivity index (χ0) is 13.5. The summed E-state index contributed by atoms with van der Waals surface area (Å²) in [5.74, 6) is 0.301. The van der Waals surface area contributed by atoms with Gasteiger partial charge < -0.3 is 9.64 Å². The van der Waals surface area contributed by atoms with E-state index in [1.54, 1.807) is 11.3 Å². The highest BCUT2D eigenvalue weighted by Gasteiger charge is 2.49. The Morgan fingerprint density at radius 2 is 2.05 bits per heavy atom. The van der Waals surface area contributed by atoms with Crippen molar-refractivity contribution in [3.8, 4) is 0 Å². The lowest BCUT2D eigenvalue weighted by molar-refractivity contribution is -0.117. The zero-order valence-corrected chi connectivity index (χ0v) is 12.3. The number of fused-ring (bicyclic) bond motifs is 1. The van der Waals surface area contributed by atoms with E-state index in [1.807, 2.05) is 0 Å². The Morgan fingerprint density at radius 3 is 2.80 bits per heavy atom. The highest BCUT2D eigenvalue weighted by atomic mass is 32.1. The predicted octanol–water partition coefficient (Wildman–Crippen LogP) is 2.11. The van der Waals surface area contributed by atoms with Crippen LogP contribution in [0, 0.1) is 0 Å². The number of carbonyl (C=O) groups is 1. The minimum absolute atomic E-state index is 0.301. The summed E-state index contributed by atoms with van der Waals surface area (Å²) in [7, 11) is 0. The van der Waals surface area contributed by atoms with Crippen LogP contribution in [-0.4, -0.2) is 48.7 Å². The lowest BCUT2D eigenvalue weighted by Gasteiger charge is -2.34. The second kappa shape index (κ2) is 5.13. The summed E-state index contributed by atoms with van der Waals surface area (Å²) in [5, 5.41) is 4.15. The maximum absolute atomic E-state index is 12.4. The van der Waals surface area contributed by atoms with Gasteiger partial charge in [0.25, 0.3) is 0 Å². The highest BCUT2D eigenvalue weighted by Crippen LogP contribution is 2.38. The van der Waals surface area contributed by atoms with E-state index in [2.05, 4.69) is 26.6 Å². The average molecular weight is 292 g/mol. The fraction of sp³-hybridized carbons (Fsp3) is 0.667. The molecular formula is C15H20N2O2S. The van der Waals surface area contributed by atoms with Gasteiger partial charge in [0, 0.05) is 43.6 Å². The molecule has 3 aliphatic heterocycles. The summed E-state index contributed by atoms with van der Waals surface area (Å²) in [4.78, 5) is 17.0. The molecule has 108 valence electrons. The minimum atomic E-state index is 0.301. The number of nitrogens with zero attached hydrogens (tertiary/aromatic N) is 2. The number of thiophene rings is 1. The van der Waals surface area contributed by atoms with Crippen LogP contribution in [-0.2, 0) is 9.53 Å². The molecule has 4 nitrogen and oxygen atoms in total. The summed E-state index contributed by atoms with van der Waals surface area (Å²) < 4.78 is 5.47. The van der Waals surface area contributed by atoms with Crippen molar-refractivity contribution >= 4 is 22.9 Å². The molecule has 3 saturated heterocycles. The predicted molar refractivity (Wildman–Crippen MR) is 79.2 cm³/mol. The van der Waals surface area contributed by atoms with Crippen LogP contribution >= 0.6 is 11.3 Å². The van der Waals surface area contributed by atoms with Gasteiger partial charge in [-0.2, -0.15) is 11.3 Å². The van der Waals surface area contributed by atoms with Gasteiger partial charge in [-0.05, 0) is 30.7 Å². The van der Waals surface area contributed by atoms with Gasteiger partial charge in [0.2, 0.25) is 5.91 Å². The molecule has 1 amide bonds. The Bertz CT molecular complexity index is 484. The maximum atomic E-state index is 12.4. The van der Waals surface area contributed by atoms with Gasteiger partial charge >= 0.3 is 0 Å². The summed E-state index contributed by atoms with van der Waals surface area (Å²) in [5.41, 5.74) is 1.10. The molecule has 0 spiro atoms. The van der Waals surface area contributed by atoms with Gasteiger partial charge in [-0.25, -0.2) is 0 Å². The molecular weight excluding hydrogens is 272 g/mol. The standard InChI is InChI=1S/C15H20N2O2S/c18-15-9-14-13(17(15)12-4-8-20-10-12)1-5-16(14)11-2-6-19-7-3-11/h4,8,10-11,13-14H,1-3,5-7,9H2/t13-,14+/m1/s1. The quantitative estimate of drug-likeness (QED) is 0.837. The molecule has 3 aliphatic rings. The first-order valence-electron chi connectivity index (χ1n) is 7.52. The molecule has 4 rings (SSSR count). The smallest absolute Gasteiger partial charge is 0.228 e. The monoisotopic (exact) mass is 292 g/mol. The van der Waals surface area contributed by atoms with Gasteiger partial charge in [-0.3, -0.25) is 9.69 Å². The Hall–Kier alpha value is -0.910. The summed E-state index contributed by atoms with van der Waals surface area (Å²) in [6.07, 6.45) is 4.05. The van der Waals surface area contributed by atoms with Crippen LogP contribution in [0.5, 0.6) is 0 Å². The van der Waals surface area contributed by atoms with Crippen LogP contribution in [0.3, 0.4) is 0 Å².